The molecule has 0 unspecified atom stereocenters. The second kappa shape index (κ2) is 4.74. The van der Waals surface area contributed by atoms with E-state index in [1.54, 1.807) is 32.0 Å². The number of carboxylic acid groups (broad SMARTS) is 1. The van der Waals surface area contributed by atoms with Crippen LogP contribution < -0.4 is 0 Å². The Hall–Kier alpha value is -1.94. The summed E-state index contributed by atoms with van der Waals surface area (Å²) in [5.74, 6) is -0.528. The van der Waals surface area contributed by atoms with Gasteiger partial charge in [0, 0.05) is 10.6 Å². The Morgan fingerprint density at radius 2 is 1.83 bits per heavy atom. The maximum absolute atomic E-state index is 11.0. The van der Waals surface area contributed by atoms with Gasteiger partial charge in [0.05, 0.1) is 11.4 Å². The molecule has 2 rings (SSSR count). The summed E-state index contributed by atoms with van der Waals surface area (Å²) < 4.78 is 0. The molecule has 0 saturated heterocycles. The number of aromatic nitrogens is 2. The van der Waals surface area contributed by atoms with E-state index in [-0.39, 0.29) is 5.56 Å². The molecule has 0 bridgehead atoms. The second-order valence-electron chi connectivity index (χ2n) is 3.91. The molecule has 1 aromatic heterocycles. The lowest BCUT2D eigenvalue weighted by Crippen LogP contribution is -2.08. The van der Waals surface area contributed by atoms with Crippen LogP contribution in [0.5, 0.6) is 0 Å². The van der Waals surface area contributed by atoms with Crippen molar-refractivity contribution < 1.29 is 9.90 Å². The third kappa shape index (κ3) is 2.33. The molecule has 1 N–H and O–H groups in total. The Kier molecular flexibility index (Phi) is 3.30. The SMILES string of the molecule is Cc1nc(-c2cccc(Cl)c2)nc(C)c1C(=O)O. The van der Waals surface area contributed by atoms with Gasteiger partial charge in [0.25, 0.3) is 0 Å². The molecule has 18 heavy (non-hydrogen) atoms. The molecule has 4 nitrogen and oxygen atoms in total. The van der Waals surface area contributed by atoms with E-state index in [4.69, 9.17) is 16.7 Å². The van der Waals surface area contributed by atoms with Gasteiger partial charge >= 0.3 is 5.97 Å². The minimum Gasteiger partial charge on any atom is -0.478 e. The highest BCUT2D eigenvalue weighted by atomic mass is 35.5. The molecule has 1 aromatic carbocycles. The van der Waals surface area contributed by atoms with Gasteiger partial charge in [-0.15, -0.1) is 0 Å². The minimum atomic E-state index is -1.01. The number of rotatable bonds is 2. The van der Waals surface area contributed by atoms with E-state index >= 15 is 0 Å². The van der Waals surface area contributed by atoms with Crippen LogP contribution in [0.1, 0.15) is 21.7 Å². The fourth-order valence-corrected chi connectivity index (χ4v) is 1.97. The minimum absolute atomic E-state index is 0.153. The van der Waals surface area contributed by atoms with E-state index in [2.05, 4.69) is 9.97 Å². The predicted molar refractivity (Wildman–Crippen MR) is 68.9 cm³/mol. The topological polar surface area (TPSA) is 63.1 Å². The van der Waals surface area contributed by atoms with Crippen LogP contribution in [-0.2, 0) is 0 Å². The summed E-state index contributed by atoms with van der Waals surface area (Å²) in [6.07, 6.45) is 0. The van der Waals surface area contributed by atoms with Crippen molar-refractivity contribution in [1.29, 1.82) is 0 Å². The zero-order valence-electron chi connectivity index (χ0n) is 9.94. The molecule has 0 saturated carbocycles. The standard InChI is InChI=1S/C13H11ClN2O2/c1-7-11(13(17)18)8(2)16-12(15-7)9-4-3-5-10(14)6-9/h3-6H,1-2H3,(H,17,18). The summed E-state index contributed by atoms with van der Waals surface area (Å²) >= 11 is 5.91. The summed E-state index contributed by atoms with van der Waals surface area (Å²) in [5.41, 5.74) is 1.82. The number of aryl methyl sites for hydroxylation is 2. The Labute approximate surface area is 109 Å². The van der Waals surface area contributed by atoms with Gasteiger partial charge in [0.2, 0.25) is 0 Å². The van der Waals surface area contributed by atoms with Gasteiger partial charge in [-0.05, 0) is 26.0 Å². The molecule has 0 aliphatic carbocycles. The first-order valence-electron chi connectivity index (χ1n) is 5.33. The molecule has 0 atom stereocenters. The highest BCUT2D eigenvalue weighted by Gasteiger charge is 2.15. The van der Waals surface area contributed by atoms with Gasteiger partial charge in [-0.1, -0.05) is 23.7 Å². The van der Waals surface area contributed by atoms with Crippen molar-refractivity contribution >= 4 is 17.6 Å². The summed E-state index contributed by atoms with van der Waals surface area (Å²) in [7, 11) is 0. The van der Waals surface area contributed by atoms with Crippen LogP contribution >= 0.6 is 11.6 Å². The van der Waals surface area contributed by atoms with Crippen LogP contribution in [0.3, 0.4) is 0 Å². The molecule has 0 radical (unpaired) electrons. The first-order valence-corrected chi connectivity index (χ1v) is 5.71. The van der Waals surface area contributed by atoms with Gasteiger partial charge < -0.3 is 5.11 Å². The first-order chi connectivity index (χ1) is 8.49. The van der Waals surface area contributed by atoms with E-state index in [1.165, 1.54) is 0 Å². The van der Waals surface area contributed by atoms with Gasteiger partial charge in [-0.2, -0.15) is 0 Å². The highest BCUT2D eigenvalue weighted by molar-refractivity contribution is 6.30. The van der Waals surface area contributed by atoms with Crippen molar-refractivity contribution in [3.63, 3.8) is 0 Å². The Morgan fingerprint density at radius 3 is 2.33 bits per heavy atom. The molecule has 0 aliphatic heterocycles. The van der Waals surface area contributed by atoms with E-state index in [0.29, 0.717) is 22.2 Å². The number of hydrogen-bond donors (Lipinski definition) is 1. The smallest absolute Gasteiger partial charge is 0.339 e. The van der Waals surface area contributed by atoms with Gasteiger partial charge in [-0.3, -0.25) is 0 Å². The summed E-state index contributed by atoms with van der Waals surface area (Å²) in [5, 5.41) is 9.64. The largest absolute Gasteiger partial charge is 0.478 e. The maximum Gasteiger partial charge on any atom is 0.339 e. The van der Waals surface area contributed by atoms with E-state index < -0.39 is 5.97 Å². The van der Waals surface area contributed by atoms with Gasteiger partial charge in [-0.25, -0.2) is 14.8 Å². The number of carboxylic acids is 1. The number of halogens is 1. The molecular weight excluding hydrogens is 252 g/mol. The van der Waals surface area contributed by atoms with Crippen molar-refractivity contribution in [2.45, 2.75) is 13.8 Å². The van der Waals surface area contributed by atoms with E-state index in [0.717, 1.165) is 5.56 Å². The molecule has 0 spiro atoms. The monoisotopic (exact) mass is 262 g/mol. The van der Waals surface area contributed by atoms with E-state index in [9.17, 15) is 4.79 Å². The summed E-state index contributed by atoms with van der Waals surface area (Å²) in [6.45, 7) is 3.32. The average Bonchev–Trinajstić information content (AvgIpc) is 2.27. The molecule has 92 valence electrons. The lowest BCUT2D eigenvalue weighted by molar-refractivity contribution is 0.0694. The lowest BCUT2D eigenvalue weighted by atomic mass is 10.1. The average molecular weight is 263 g/mol. The zero-order chi connectivity index (χ0) is 13.3. The van der Waals surface area contributed by atoms with Crippen molar-refractivity contribution in [3.05, 3.63) is 46.2 Å². The van der Waals surface area contributed by atoms with Gasteiger partial charge in [0.15, 0.2) is 5.82 Å². The maximum atomic E-state index is 11.0. The normalized spacial score (nSPS) is 10.4. The second-order valence-corrected chi connectivity index (χ2v) is 4.34. The third-order valence-corrected chi connectivity index (χ3v) is 2.80. The Balaban J connectivity index is 2.58. The van der Waals surface area contributed by atoms with Crippen molar-refractivity contribution in [3.8, 4) is 11.4 Å². The molecule has 2 aromatic rings. The molecule has 1 heterocycles. The summed E-state index contributed by atoms with van der Waals surface area (Å²) in [6, 6.07) is 7.14. The van der Waals surface area contributed by atoms with Crippen molar-refractivity contribution in [2.24, 2.45) is 0 Å². The number of hydrogen-bond acceptors (Lipinski definition) is 3. The third-order valence-electron chi connectivity index (χ3n) is 2.57. The van der Waals surface area contributed by atoms with Crippen molar-refractivity contribution in [1.82, 2.24) is 9.97 Å². The van der Waals surface area contributed by atoms with Crippen LogP contribution in [0.4, 0.5) is 0 Å². The van der Waals surface area contributed by atoms with Crippen LogP contribution in [0.15, 0.2) is 24.3 Å². The van der Waals surface area contributed by atoms with Crippen molar-refractivity contribution in [2.75, 3.05) is 0 Å². The number of carbonyl (C=O) groups is 1. The number of benzene rings is 1. The first kappa shape index (κ1) is 12.5. The molecular formula is C13H11ClN2O2. The number of aromatic carboxylic acids is 1. The van der Waals surface area contributed by atoms with Gasteiger partial charge in [0.1, 0.15) is 5.56 Å². The van der Waals surface area contributed by atoms with Crippen LogP contribution in [0.2, 0.25) is 5.02 Å². The zero-order valence-corrected chi connectivity index (χ0v) is 10.7. The van der Waals surface area contributed by atoms with Crippen LogP contribution in [0, 0.1) is 13.8 Å². The summed E-state index contributed by atoms with van der Waals surface area (Å²) in [4.78, 5) is 19.5. The highest BCUT2D eigenvalue weighted by Crippen LogP contribution is 2.21. The Bertz CT molecular complexity index is 603. The fraction of sp³-hybridized carbons (Fsp3) is 0.154. The predicted octanol–water partition coefficient (Wildman–Crippen LogP) is 3.11. The van der Waals surface area contributed by atoms with Crippen LogP contribution in [0.25, 0.3) is 11.4 Å². The lowest BCUT2D eigenvalue weighted by Gasteiger charge is -2.07. The Morgan fingerprint density at radius 1 is 1.22 bits per heavy atom. The van der Waals surface area contributed by atoms with E-state index in [1.807, 2.05) is 6.07 Å². The molecule has 5 heteroatoms. The van der Waals surface area contributed by atoms with Crippen LogP contribution in [-0.4, -0.2) is 21.0 Å². The molecule has 0 amide bonds. The quantitative estimate of drug-likeness (QED) is 0.903. The molecule has 0 fully saturated rings. The molecule has 0 aliphatic rings. The number of nitrogens with zero attached hydrogens (tertiary/aromatic N) is 2. The fourth-order valence-electron chi connectivity index (χ4n) is 1.78.